The number of aliphatic imine (C=N–C) groups is 1. The monoisotopic (exact) mass is 972 g/mol. The predicted molar refractivity (Wildman–Crippen MR) is 244 cm³/mol. The van der Waals surface area contributed by atoms with Crippen molar-refractivity contribution in [2.45, 2.75) is 76.9 Å². The molecule has 4 aliphatic rings. The molecule has 7 rings (SSSR count). The lowest BCUT2D eigenvalue weighted by Gasteiger charge is -2.46. The van der Waals surface area contributed by atoms with Crippen LogP contribution in [0.15, 0.2) is 88.4 Å². The number of ether oxygens (including phenoxy) is 3. The van der Waals surface area contributed by atoms with E-state index in [4.69, 9.17) is 14.2 Å². The summed E-state index contributed by atoms with van der Waals surface area (Å²) in [4.78, 5) is 111. The van der Waals surface area contributed by atoms with Gasteiger partial charge in [-0.1, -0.05) is 6.92 Å². The number of nitro benzene ring substituents is 3. The van der Waals surface area contributed by atoms with E-state index in [9.17, 15) is 59.4 Å². The highest BCUT2D eigenvalue weighted by atomic mass is 32.2. The van der Waals surface area contributed by atoms with Crippen LogP contribution in [0.4, 0.5) is 26.7 Å². The Balaban J connectivity index is 1.07. The number of amides is 4. The fourth-order valence-corrected chi connectivity index (χ4v) is 10.3. The number of esters is 1. The largest absolute Gasteiger partial charge is 0.456 e. The van der Waals surface area contributed by atoms with Gasteiger partial charge < -0.3 is 34.0 Å². The molecule has 0 aliphatic carbocycles. The van der Waals surface area contributed by atoms with Crippen LogP contribution in [0.5, 0.6) is 0 Å². The van der Waals surface area contributed by atoms with Crippen LogP contribution < -0.4 is 0 Å². The third-order valence-corrected chi connectivity index (χ3v) is 13.9. The van der Waals surface area contributed by atoms with Crippen molar-refractivity contribution in [3.05, 3.63) is 130 Å². The summed E-state index contributed by atoms with van der Waals surface area (Å²) in [6.45, 7) is 5.43. The zero-order valence-electron chi connectivity index (χ0n) is 37.6. The van der Waals surface area contributed by atoms with Gasteiger partial charge in [-0.2, -0.15) is 4.99 Å². The molecule has 4 amide bonds. The van der Waals surface area contributed by atoms with E-state index in [-0.39, 0.29) is 74.5 Å². The second-order valence-corrected chi connectivity index (χ2v) is 18.2. The van der Waals surface area contributed by atoms with Crippen molar-refractivity contribution in [1.29, 1.82) is 0 Å². The van der Waals surface area contributed by atoms with Gasteiger partial charge in [0.25, 0.3) is 17.1 Å². The summed E-state index contributed by atoms with van der Waals surface area (Å²) in [7, 11) is 0. The second kappa shape index (κ2) is 21.2. The highest BCUT2D eigenvalue weighted by Crippen LogP contribution is 2.52. The first kappa shape index (κ1) is 49.4. The number of amidine groups is 1. The molecule has 0 bridgehead atoms. The van der Waals surface area contributed by atoms with Gasteiger partial charge in [0.1, 0.15) is 37.4 Å². The summed E-state index contributed by atoms with van der Waals surface area (Å²) < 4.78 is 16.6. The summed E-state index contributed by atoms with van der Waals surface area (Å²) in [6.07, 6.45) is -2.15. The Labute approximate surface area is 398 Å². The van der Waals surface area contributed by atoms with Gasteiger partial charge in [0.2, 0.25) is 11.8 Å². The summed E-state index contributed by atoms with van der Waals surface area (Å²) in [6, 6.07) is 14.8. The first-order valence-corrected chi connectivity index (χ1v) is 22.8. The van der Waals surface area contributed by atoms with Crippen LogP contribution in [0.25, 0.3) is 0 Å². The van der Waals surface area contributed by atoms with Crippen molar-refractivity contribution in [2.75, 3.05) is 32.7 Å². The topological polar surface area (TPSA) is 288 Å². The maximum absolute atomic E-state index is 14.6. The molecule has 0 spiro atoms. The van der Waals surface area contributed by atoms with Crippen molar-refractivity contribution in [2.24, 2.45) is 16.8 Å². The number of carbonyl (C=O) groups excluding carboxylic acids is 5. The molecule has 24 heteroatoms. The van der Waals surface area contributed by atoms with Crippen LogP contribution in [0, 0.1) is 42.2 Å². The zero-order chi connectivity index (χ0) is 49.7. The lowest BCUT2D eigenvalue weighted by molar-refractivity contribution is -0.385. The van der Waals surface area contributed by atoms with Crippen LogP contribution in [0.1, 0.15) is 50.3 Å². The average molecular weight is 973 g/mol. The fourth-order valence-electron chi connectivity index (χ4n) is 8.81. The Morgan fingerprint density at radius 1 is 0.768 bits per heavy atom. The molecule has 3 aromatic carbocycles. The van der Waals surface area contributed by atoms with Crippen LogP contribution in [0.2, 0.25) is 0 Å². The number of nitrogens with zero attached hydrogens (tertiary/aromatic N) is 8. The number of non-ortho nitro benzene ring substituents is 3. The van der Waals surface area contributed by atoms with E-state index in [2.05, 4.69) is 4.99 Å². The minimum atomic E-state index is -1.04. The molecule has 0 radical (unpaired) electrons. The van der Waals surface area contributed by atoms with Gasteiger partial charge in [0, 0.05) is 85.2 Å². The Hall–Kier alpha value is -7.47. The molecule has 69 heavy (non-hydrogen) atoms. The first-order chi connectivity index (χ1) is 32.9. The van der Waals surface area contributed by atoms with Gasteiger partial charge in [-0.15, -0.1) is 11.8 Å². The number of rotatable bonds is 14. The maximum atomic E-state index is 14.6. The second-order valence-electron chi connectivity index (χ2n) is 16.9. The molecule has 0 saturated carbocycles. The number of nitro groups is 3. The zero-order valence-corrected chi connectivity index (χ0v) is 38.4. The van der Waals surface area contributed by atoms with Crippen molar-refractivity contribution < 1.29 is 58.1 Å². The van der Waals surface area contributed by atoms with Crippen molar-refractivity contribution in [1.82, 2.24) is 19.6 Å². The minimum absolute atomic E-state index is 0.0202. The number of likely N-dealkylation sites (tertiary alicyclic amines) is 1. The first-order valence-electron chi connectivity index (χ1n) is 21.9. The van der Waals surface area contributed by atoms with E-state index in [1.54, 1.807) is 11.8 Å². The summed E-state index contributed by atoms with van der Waals surface area (Å²) in [5, 5.41) is 43.4. The number of hydrogen-bond acceptors (Lipinski definition) is 16. The van der Waals surface area contributed by atoms with Crippen LogP contribution >= 0.6 is 11.8 Å². The van der Waals surface area contributed by atoms with E-state index in [0.717, 1.165) is 0 Å². The van der Waals surface area contributed by atoms with E-state index in [0.29, 0.717) is 46.9 Å². The van der Waals surface area contributed by atoms with Crippen molar-refractivity contribution >= 4 is 64.6 Å². The van der Waals surface area contributed by atoms with Gasteiger partial charge in [0.15, 0.2) is 0 Å². The molecule has 4 heterocycles. The number of thioether (sulfide) groups is 1. The van der Waals surface area contributed by atoms with Gasteiger partial charge in [-0.05, 0) is 79.8 Å². The van der Waals surface area contributed by atoms with Gasteiger partial charge in [-0.25, -0.2) is 14.4 Å². The van der Waals surface area contributed by atoms with Crippen LogP contribution in [0.3, 0.4) is 0 Å². The molecule has 0 aromatic heterocycles. The number of carbonyl (C=O) groups is 5. The molecule has 364 valence electrons. The lowest BCUT2D eigenvalue weighted by Crippen LogP contribution is -2.63. The van der Waals surface area contributed by atoms with Gasteiger partial charge in [0.05, 0.1) is 32.8 Å². The fraction of sp³-hybridized carbons (Fsp3) is 0.422. The highest BCUT2D eigenvalue weighted by Gasteiger charge is 2.61. The summed E-state index contributed by atoms with van der Waals surface area (Å²) >= 11 is 1.23. The van der Waals surface area contributed by atoms with Gasteiger partial charge >= 0.3 is 18.2 Å². The molecule has 4 aliphatic heterocycles. The number of benzene rings is 3. The minimum Gasteiger partial charge on any atom is -0.456 e. The molecule has 3 aromatic rings. The number of aliphatic hydroxyl groups is 1. The lowest BCUT2D eigenvalue weighted by atomic mass is 9.79. The molecule has 3 fully saturated rings. The molecular weight excluding hydrogens is 925 g/mol. The normalized spacial score (nSPS) is 21.8. The SMILES string of the molecule is CC(=NC(=O)OCc1ccc([N+](=O)[O-])cc1)N1CCCN(C(=O)[C@@H]2C[C@H](SC3=C(C(=O)OCc4ccc([N+](=O)[O-])cc4)N4C(=O)[C@H]([C@@H](C)O)[C@H]4[C@H]3C)CN2C(=O)OCc2ccc([N+](=O)[O-])cc2)CC1. The smallest absolute Gasteiger partial charge is 0.435 e. The third kappa shape index (κ3) is 11.1. The number of hydrogen-bond donors (Lipinski definition) is 1. The number of fused-ring (bicyclic) bond motifs is 1. The quantitative estimate of drug-likeness (QED) is 0.0406. The van der Waals surface area contributed by atoms with E-state index in [1.807, 2.05) is 11.8 Å². The highest BCUT2D eigenvalue weighted by molar-refractivity contribution is 8.03. The summed E-state index contributed by atoms with van der Waals surface area (Å²) in [5.41, 5.74) is 1.03. The van der Waals surface area contributed by atoms with Crippen molar-refractivity contribution in [3.63, 3.8) is 0 Å². The molecule has 0 unspecified atom stereocenters. The van der Waals surface area contributed by atoms with Crippen LogP contribution in [-0.4, -0.2) is 131 Å². The Morgan fingerprint density at radius 2 is 1.26 bits per heavy atom. The summed E-state index contributed by atoms with van der Waals surface area (Å²) in [5.74, 6) is -2.61. The van der Waals surface area contributed by atoms with E-state index >= 15 is 0 Å². The number of β-lactam (4-membered cyclic amide) rings is 1. The molecule has 6 atom stereocenters. The van der Waals surface area contributed by atoms with E-state index in [1.165, 1.54) is 101 Å². The molecular formula is C45H48N8O15S. The third-order valence-electron chi connectivity index (χ3n) is 12.4. The average Bonchev–Trinajstić information content (AvgIpc) is 3.73. The predicted octanol–water partition coefficient (Wildman–Crippen LogP) is 5.33. The molecule has 23 nitrogen and oxygen atoms in total. The Bertz CT molecular complexity index is 2570. The standard InChI is InChI=1S/C45H48N8O15S/c1-26-38-37(27(2)54)42(56)50(38)39(43(57)66-23-29-5-11-32(12-6-29)51(60)61)40(26)69-35-21-36(49(22-35)45(59)68-25-31-9-15-34(16-10-31)53(64)65)41(55)48-18-4-17-47(19-20-48)28(3)46-44(58)67-24-30-7-13-33(14-8-30)52(62)63/h5-16,26-27,35-38,54H,4,17-25H2,1-3H3/t26-,27-,35+,36+,37-,38-/m1/s1. The van der Waals surface area contributed by atoms with E-state index < -0.39 is 74.1 Å². The molecule has 1 N–H and O–H groups in total. The molecule has 3 saturated heterocycles. The van der Waals surface area contributed by atoms with Crippen molar-refractivity contribution in [3.8, 4) is 0 Å². The Morgan fingerprint density at radius 3 is 1.78 bits per heavy atom. The maximum Gasteiger partial charge on any atom is 0.435 e. The van der Waals surface area contributed by atoms with Gasteiger partial charge in [-0.3, -0.25) is 44.8 Å². The Kier molecular flexibility index (Phi) is 15.2. The number of aliphatic hydroxyl groups excluding tert-OH is 1. The van der Waals surface area contributed by atoms with Crippen LogP contribution in [-0.2, 0) is 48.4 Å².